The van der Waals surface area contributed by atoms with Gasteiger partial charge in [-0.1, -0.05) is 91.0 Å². The molecule has 6 nitrogen and oxygen atoms in total. The molecule has 4 rings (SSSR count). The average Bonchev–Trinajstić information content (AvgIpc) is 2.93. The molecule has 1 unspecified atom stereocenters. The number of hydrogen-bond acceptors (Lipinski definition) is 4. The van der Waals surface area contributed by atoms with E-state index in [2.05, 4.69) is 5.32 Å². The van der Waals surface area contributed by atoms with Crippen molar-refractivity contribution in [2.75, 3.05) is 6.54 Å². The van der Waals surface area contributed by atoms with Crippen molar-refractivity contribution in [3.05, 3.63) is 132 Å². The van der Waals surface area contributed by atoms with Gasteiger partial charge in [-0.15, -0.1) is 0 Å². The molecule has 0 saturated heterocycles. The highest BCUT2D eigenvalue weighted by Gasteiger charge is 2.28. The zero-order chi connectivity index (χ0) is 25.2. The van der Waals surface area contributed by atoms with Crippen LogP contribution in [-0.2, 0) is 16.0 Å². The lowest BCUT2D eigenvalue weighted by Crippen LogP contribution is -2.42. The molecule has 0 aliphatic carbocycles. The molecule has 0 bridgehead atoms. The number of rotatable bonds is 10. The number of nitrogens with one attached hydrogen (secondary N) is 2. The number of hydroxylamine groups is 1. The summed E-state index contributed by atoms with van der Waals surface area (Å²) < 4.78 is 5.87. The van der Waals surface area contributed by atoms with Crippen molar-refractivity contribution >= 4 is 11.8 Å². The Bertz CT molecular complexity index is 1220. The van der Waals surface area contributed by atoms with Gasteiger partial charge in [0.25, 0.3) is 5.91 Å². The maximum Gasteiger partial charge on any atom is 0.256 e. The van der Waals surface area contributed by atoms with Crippen LogP contribution < -0.4 is 15.5 Å². The summed E-state index contributed by atoms with van der Waals surface area (Å²) in [6.45, 7) is 0.305. The predicted octanol–water partition coefficient (Wildman–Crippen LogP) is 5.09. The Kier molecular flexibility index (Phi) is 8.46. The van der Waals surface area contributed by atoms with Crippen LogP contribution in [0.3, 0.4) is 0 Å². The molecule has 0 aromatic heterocycles. The fraction of sp³-hybridized carbons (Fsp3) is 0.133. The molecule has 0 radical (unpaired) electrons. The van der Waals surface area contributed by atoms with Crippen LogP contribution in [0.4, 0.5) is 0 Å². The number of hydrogen-bond donors (Lipinski definition) is 3. The summed E-state index contributed by atoms with van der Waals surface area (Å²) in [5.74, 6) is -1.16. The third kappa shape index (κ3) is 6.58. The molecule has 6 heteroatoms. The molecule has 2 amide bonds. The van der Waals surface area contributed by atoms with Crippen molar-refractivity contribution in [3.63, 3.8) is 0 Å². The fourth-order valence-electron chi connectivity index (χ4n) is 4.10. The Morgan fingerprint density at radius 1 is 0.694 bits per heavy atom. The molecule has 0 aliphatic rings. The van der Waals surface area contributed by atoms with E-state index in [-0.39, 0.29) is 12.3 Å². The summed E-state index contributed by atoms with van der Waals surface area (Å²) in [6.07, 6.45) is 0.103. The molecule has 4 aromatic carbocycles. The molecule has 36 heavy (non-hydrogen) atoms. The smallest absolute Gasteiger partial charge is 0.256 e. The number of benzene rings is 4. The lowest BCUT2D eigenvalue weighted by molar-refractivity contribution is -0.140. The minimum atomic E-state index is -1.12. The van der Waals surface area contributed by atoms with Crippen LogP contribution in [-0.4, -0.2) is 23.6 Å². The van der Waals surface area contributed by atoms with E-state index in [0.29, 0.717) is 18.0 Å². The van der Waals surface area contributed by atoms with Gasteiger partial charge >= 0.3 is 0 Å². The SMILES string of the molecule is O=C(NO)C(Cc1cccc(Oc2ccccc2)c1)C(=O)NCC(c1ccccc1)c1ccccc1. The van der Waals surface area contributed by atoms with E-state index in [1.54, 1.807) is 17.6 Å². The first kappa shape index (κ1) is 24.7. The van der Waals surface area contributed by atoms with Crippen LogP contribution in [0.15, 0.2) is 115 Å². The second-order valence-corrected chi connectivity index (χ2v) is 8.41. The Morgan fingerprint density at radius 3 is 1.83 bits per heavy atom. The highest BCUT2D eigenvalue weighted by Crippen LogP contribution is 2.25. The summed E-state index contributed by atoms with van der Waals surface area (Å²) >= 11 is 0. The largest absolute Gasteiger partial charge is 0.457 e. The molecular weight excluding hydrogens is 452 g/mol. The number of carbonyl (C=O) groups excluding carboxylic acids is 2. The average molecular weight is 481 g/mol. The van der Waals surface area contributed by atoms with Crippen LogP contribution in [0.25, 0.3) is 0 Å². The van der Waals surface area contributed by atoms with E-state index < -0.39 is 17.7 Å². The van der Waals surface area contributed by atoms with E-state index in [1.165, 1.54) is 0 Å². The fourth-order valence-corrected chi connectivity index (χ4v) is 4.10. The maximum absolute atomic E-state index is 13.2. The number of amides is 2. The highest BCUT2D eigenvalue weighted by atomic mass is 16.5. The third-order valence-corrected chi connectivity index (χ3v) is 5.94. The lowest BCUT2D eigenvalue weighted by atomic mass is 9.90. The van der Waals surface area contributed by atoms with Gasteiger partial charge in [-0.05, 0) is 47.4 Å². The standard InChI is InChI=1S/C30H28N2O4/c33-29(31-21-28(23-12-4-1-5-13-23)24-14-6-2-7-15-24)27(30(34)32-35)20-22-11-10-18-26(19-22)36-25-16-8-3-9-17-25/h1-19,27-28,35H,20-21H2,(H,31,33)(H,32,34). The van der Waals surface area contributed by atoms with E-state index in [9.17, 15) is 14.8 Å². The molecule has 1 atom stereocenters. The Morgan fingerprint density at radius 2 is 1.25 bits per heavy atom. The van der Waals surface area contributed by atoms with Gasteiger partial charge in [-0.25, -0.2) is 5.48 Å². The van der Waals surface area contributed by atoms with E-state index in [0.717, 1.165) is 16.7 Å². The van der Waals surface area contributed by atoms with Crippen LogP contribution in [0.2, 0.25) is 0 Å². The van der Waals surface area contributed by atoms with Crippen molar-refractivity contribution in [1.29, 1.82) is 0 Å². The monoisotopic (exact) mass is 480 g/mol. The molecule has 0 saturated carbocycles. The van der Waals surface area contributed by atoms with Crippen molar-refractivity contribution in [3.8, 4) is 11.5 Å². The quantitative estimate of drug-likeness (QED) is 0.168. The molecule has 0 spiro atoms. The number of ether oxygens (including phenoxy) is 1. The van der Waals surface area contributed by atoms with Crippen LogP contribution >= 0.6 is 0 Å². The molecule has 3 N–H and O–H groups in total. The highest BCUT2D eigenvalue weighted by molar-refractivity contribution is 6.00. The molecule has 182 valence electrons. The third-order valence-electron chi connectivity index (χ3n) is 5.94. The van der Waals surface area contributed by atoms with Crippen molar-refractivity contribution in [2.24, 2.45) is 5.92 Å². The van der Waals surface area contributed by atoms with Gasteiger partial charge in [-0.3, -0.25) is 14.8 Å². The van der Waals surface area contributed by atoms with Crippen molar-refractivity contribution in [1.82, 2.24) is 10.8 Å². The maximum atomic E-state index is 13.2. The van der Waals surface area contributed by atoms with Gasteiger partial charge in [0.1, 0.15) is 17.4 Å². The summed E-state index contributed by atoms with van der Waals surface area (Å²) in [5.41, 5.74) is 4.48. The van der Waals surface area contributed by atoms with Gasteiger partial charge in [0, 0.05) is 12.5 Å². The second kappa shape index (κ2) is 12.3. The summed E-state index contributed by atoms with van der Waals surface area (Å²) in [7, 11) is 0. The van der Waals surface area contributed by atoms with E-state index in [1.807, 2.05) is 103 Å². The van der Waals surface area contributed by atoms with Gasteiger partial charge in [0.2, 0.25) is 5.91 Å². The zero-order valence-electron chi connectivity index (χ0n) is 19.7. The van der Waals surface area contributed by atoms with Gasteiger partial charge < -0.3 is 10.1 Å². The normalized spacial score (nSPS) is 11.5. The minimum Gasteiger partial charge on any atom is -0.457 e. The number of para-hydroxylation sites is 1. The first-order valence-corrected chi connectivity index (χ1v) is 11.8. The van der Waals surface area contributed by atoms with E-state index >= 15 is 0 Å². The predicted molar refractivity (Wildman–Crippen MR) is 138 cm³/mol. The number of carbonyl (C=O) groups is 2. The molecule has 0 heterocycles. The first-order chi connectivity index (χ1) is 17.6. The van der Waals surface area contributed by atoms with Crippen molar-refractivity contribution < 1.29 is 19.5 Å². The van der Waals surface area contributed by atoms with E-state index in [4.69, 9.17) is 4.74 Å². The van der Waals surface area contributed by atoms with Crippen LogP contribution in [0.1, 0.15) is 22.6 Å². The van der Waals surface area contributed by atoms with Gasteiger partial charge in [-0.2, -0.15) is 0 Å². The Balaban J connectivity index is 1.48. The first-order valence-electron chi connectivity index (χ1n) is 11.8. The topological polar surface area (TPSA) is 87.7 Å². The van der Waals surface area contributed by atoms with Crippen molar-refractivity contribution in [2.45, 2.75) is 12.3 Å². The lowest BCUT2D eigenvalue weighted by Gasteiger charge is -2.21. The summed E-state index contributed by atoms with van der Waals surface area (Å²) in [5, 5.41) is 12.2. The van der Waals surface area contributed by atoms with Crippen LogP contribution in [0.5, 0.6) is 11.5 Å². The molecule has 0 aliphatic heterocycles. The zero-order valence-corrected chi connectivity index (χ0v) is 19.7. The Hall–Kier alpha value is -4.42. The van der Waals surface area contributed by atoms with Crippen LogP contribution in [0, 0.1) is 5.92 Å². The van der Waals surface area contributed by atoms with Gasteiger partial charge in [0.15, 0.2) is 0 Å². The second-order valence-electron chi connectivity index (χ2n) is 8.41. The summed E-state index contributed by atoms with van der Waals surface area (Å²) in [6, 6.07) is 36.3. The molecule has 0 fully saturated rings. The minimum absolute atomic E-state index is 0.0863. The molecule has 4 aromatic rings. The van der Waals surface area contributed by atoms with Gasteiger partial charge in [0.05, 0.1) is 0 Å². The summed E-state index contributed by atoms with van der Waals surface area (Å²) in [4.78, 5) is 25.6. The Labute approximate surface area is 210 Å². The molecular formula is C30H28N2O4.